The number of aromatic amines is 1. The largest absolute Gasteiger partial charge is 0.481 e. The fraction of sp³-hybridized carbons (Fsp3) is 0.533. The van der Waals surface area contributed by atoms with Crippen LogP contribution in [0.15, 0.2) is 12.5 Å². The van der Waals surface area contributed by atoms with E-state index in [2.05, 4.69) is 20.6 Å². The summed E-state index contributed by atoms with van der Waals surface area (Å²) in [5, 5.41) is 22.7. The van der Waals surface area contributed by atoms with Gasteiger partial charge in [-0.15, -0.1) is 0 Å². The summed E-state index contributed by atoms with van der Waals surface area (Å²) >= 11 is 0. The molecular formula is C15H23N5O6. The summed E-state index contributed by atoms with van der Waals surface area (Å²) in [4.78, 5) is 53.1. The molecule has 2 amide bonds. The molecule has 0 bridgehead atoms. The Hall–Kier alpha value is -2.95. The predicted octanol–water partition coefficient (Wildman–Crippen LogP) is -1.54. The zero-order valence-corrected chi connectivity index (χ0v) is 14.4. The van der Waals surface area contributed by atoms with E-state index in [9.17, 15) is 24.3 Å². The number of hydrogen-bond donors (Lipinski definition) is 6. The van der Waals surface area contributed by atoms with Crippen molar-refractivity contribution in [2.24, 2.45) is 11.7 Å². The van der Waals surface area contributed by atoms with Crippen LogP contribution in [-0.4, -0.2) is 62.1 Å². The first-order chi connectivity index (χ1) is 12.1. The molecule has 1 rings (SSSR count). The van der Waals surface area contributed by atoms with E-state index in [-0.39, 0.29) is 12.3 Å². The average Bonchev–Trinajstić information content (AvgIpc) is 3.04. The lowest BCUT2D eigenvalue weighted by atomic mass is 10.0. The van der Waals surface area contributed by atoms with Gasteiger partial charge in [0.05, 0.1) is 18.8 Å². The Morgan fingerprint density at radius 2 is 1.77 bits per heavy atom. The number of imidazole rings is 1. The third-order valence-electron chi connectivity index (χ3n) is 3.63. The summed E-state index contributed by atoms with van der Waals surface area (Å²) in [6, 6.07) is -3.71. The maximum atomic E-state index is 12.3. The molecule has 0 saturated heterocycles. The summed E-state index contributed by atoms with van der Waals surface area (Å²) in [6.45, 7) is 3.39. The number of nitrogens with two attached hydrogens (primary N) is 1. The monoisotopic (exact) mass is 369 g/mol. The van der Waals surface area contributed by atoms with Gasteiger partial charge in [0.2, 0.25) is 11.8 Å². The van der Waals surface area contributed by atoms with Gasteiger partial charge in [0.15, 0.2) is 0 Å². The van der Waals surface area contributed by atoms with E-state index in [1.54, 1.807) is 13.8 Å². The van der Waals surface area contributed by atoms with Crippen molar-refractivity contribution >= 4 is 23.8 Å². The van der Waals surface area contributed by atoms with E-state index in [0.29, 0.717) is 5.69 Å². The molecule has 0 fully saturated rings. The van der Waals surface area contributed by atoms with Crippen molar-refractivity contribution in [3.05, 3.63) is 18.2 Å². The van der Waals surface area contributed by atoms with Gasteiger partial charge in [0.25, 0.3) is 0 Å². The van der Waals surface area contributed by atoms with Crippen LogP contribution in [-0.2, 0) is 25.6 Å². The van der Waals surface area contributed by atoms with Crippen molar-refractivity contribution in [2.45, 2.75) is 44.8 Å². The van der Waals surface area contributed by atoms with E-state index >= 15 is 0 Å². The first-order valence-corrected chi connectivity index (χ1v) is 7.90. The van der Waals surface area contributed by atoms with Crippen molar-refractivity contribution < 1.29 is 29.4 Å². The highest BCUT2D eigenvalue weighted by atomic mass is 16.4. The van der Waals surface area contributed by atoms with Gasteiger partial charge >= 0.3 is 11.9 Å². The second-order valence-electron chi connectivity index (χ2n) is 6.11. The van der Waals surface area contributed by atoms with Gasteiger partial charge in [-0.25, -0.2) is 9.78 Å². The minimum Gasteiger partial charge on any atom is -0.481 e. The van der Waals surface area contributed by atoms with E-state index in [0.717, 1.165) is 0 Å². The van der Waals surface area contributed by atoms with Crippen LogP contribution in [0.5, 0.6) is 0 Å². The number of hydrogen-bond acceptors (Lipinski definition) is 6. The fourth-order valence-electron chi connectivity index (χ4n) is 2.04. The summed E-state index contributed by atoms with van der Waals surface area (Å²) in [7, 11) is 0. The lowest BCUT2D eigenvalue weighted by Gasteiger charge is -2.22. The van der Waals surface area contributed by atoms with Crippen LogP contribution in [0.2, 0.25) is 0 Å². The van der Waals surface area contributed by atoms with Crippen LogP contribution >= 0.6 is 0 Å². The fourth-order valence-corrected chi connectivity index (χ4v) is 2.04. The highest BCUT2D eigenvalue weighted by molar-refractivity contribution is 5.94. The number of nitrogens with one attached hydrogen (secondary N) is 3. The highest BCUT2D eigenvalue weighted by Crippen LogP contribution is 2.03. The summed E-state index contributed by atoms with van der Waals surface area (Å²) in [6.07, 6.45) is 1.97. The lowest BCUT2D eigenvalue weighted by Crippen LogP contribution is -2.56. The maximum Gasteiger partial charge on any atom is 0.326 e. The average molecular weight is 369 g/mol. The van der Waals surface area contributed by atoms with Gasteiger partial charge in [-0.3, -0.25) is 14.4 Å². The standard InChI is InChI=1S/C15H23N5O6/c1-7(2)12(16)14(24)19-9(4-11(21)22)13(23)20-10(15(25)26)3-8-5-17-6-18-8/h5-7,9-10,12H,3-4,16H2,1-2H3,(H,17,18)(H,19,24)(H,20,23)(H,21,22)(H,25,26). The van der Waals surface area contributed by atoms with E-state index in [1.807, 2.05) is 0 Å². The molecule has 1 aromatic rings. The molecule has 11 nitrogen and oxygen atoms in total. The minimum absolute atomic E-state index is 0.0830. The van der Waals surface area contributed by atoms with Crippen molar-refractivity contribution in [2.75, 3.05) is 0 Å². The second kappa shape index (κ2) is 9.51. The Labute approximate surface area is 149 Å². The van der Waals surface area contributed by atoms with Crippen LogP contribution in [0, 0.1) is 5.92 Å². The molecule has 0 aliphatic carbocycles. The van der Waals surface area contributed by atoms with Crippen molar-refractivity contribution in [1.29, 1.82) is 0 Å². The molecule has 7 N–H and O–H groups in total. The van der Waals surface area contributed by atoms with Gasteiger partial charge < -0.3 is 31.6 Å². The van der Waals surface area contributed by atoms with Crippen LogP contribution in [0.1, 0.15) is 26.0 Å². The third-order valence-corrected chi connectivity index (χ3v) is 3.63. The molecule has 144 valence electrons. The molecule has 26 heavy (non-hydrogen) atoms. The number of H-pyrrole nitrogens is 1. The molecule has 1 aromatic heterocycles. The molecule has 0 spiro atoms. The van der Waals surface area contributed by atoms with E-state index in [1.165, 1.54) is 12.5 Å². The number of carbonyl (C=O) groups excluding carboxylic acids is 2. The van der Waals surface area contributed by atoms with Gasteiger partial charge in [-0.2, -0.15) is 0 Å². The molecule has 11 heteroatoms. The Kier molecular flexibility index (Phi) is 7.72. The van der Waals surface area contributed by atoms with Crippen molar-refractivity contribution in [3.63, 3.8) is 0 Å². The zero-order chi connectivity index (χ0) is 19.9. The smallest absolute Gasteiger partial charge is 0.326 e. The molecule has 0 aromatic carbocycles. The number of carbonyl (C=O) groups is 4. The number of aliphatic carboxylic acids is 2. The molecule has 0 saturated carbocycles. The van der Waals surface area contributed by atoms with Gasteiger partial charge in [-0.05, 0) is 5.92 Å². The Morgan fingerprint density at radius 3 is 2.23 bits per heavy atom. The van der Waals surface area contributed by atoms with Crippen LogP contribution in [0.3, 0.4) is 0 Å². The molecule has 3 atom stereocenters. The number of amides is 2. The first kappa shape index (κ1) is 21.1. The molecule has 1 heterocycles. The van der Waals surface area contributed by atoms with Gasteiger partial charge in [0.1, 0.15) is 12.1 Å². The number of nitrogens with zero attached hydrogens (tertiary/aromatic N) is 1. The predicted molar refractivity (Wildman–Crippen MR) is 88.9 cm³/mol. The minimum atomic E-state index is -1.45. The Bertz CT molecular complexity index is 645. The molecular weight excluding hydrogens is 346 g/mol. The highest BCUT2D eigenvalue weighted by Gasteiger charge is 2.30. The number of carboxylic acids is 2. The van der Waals surface area contributed by atoms with Gasteiger partial charge in [-0.1, -0.05) is 13.8 Å². The molecule has 3 unspecified atom stereocenters. The van der Waals surface area contributed by atoms with E-state index in [4.69, 9.17) is 10.8 Å². The van der Waals surface area contributed by atoms with E-state index < -0.39 is 48.3 Å². The lowest BCUT2D eigenvalue weighted by molar-refractivity contribution is -0.143. The second-order valence-corrected chi connectivity index (χ2v) is 6.11. The molecule has 0 radical (unpaired) electrons. The SMILES string of the molecule is CC(C)C(N)C(=O)NC(CC(=O)O)C(=O)NC(Cc1cnc[nH]1)C(=O)O. The molecule has 0 aliphatic rings. The Morgan fingerprint density at radius 1 is 1.15 bits per heavy atom. The van der Waals surface area contributed by atoms with Gasteiger partial charge in [0, 0.05) is 18.3 Å². The first-order valence-electron chi connectivity index (χ1n) is 7.90. The quantitative estimate of drug-likeness (QED) is 0.286. The van der Waals surface area contributed by atoms with Crippen LogP contribution < -0.4 is 16.4 Å². The van der Waals surface area contributed by atoms with Crippen molar-refractivity contribution in [1.82, 2.24) is 20.6 Å². The Balaban J connectivity index is 2.84. The third kappa shape index (κ3) is 6.51. The van der Waals surface area contributed by atoms with Crippen LogP contribution in [0.25, 0.3) is 0 Å². The maximum absolute atomic E-state index is 12.3. The number of carboxylic acid groups (broad SMARTS) is 2. The zero-order valence-electron chi connectivity index (χ0n) is 14.4. The number of rotatable bonds is 10. The summed E-state index contributed by atoms with van der Waals surface area (Å²) < 4.78 is 0. The summed E-state index contributed by atoms with van der Waals surface area (Å²) in [5.74, 6) is -4.49. The topological polar surface area (TPSA) is 188 Å². The normalized spacial score (nSPS) is 14.3. The molecule has 0 aliphatic heterocycles. The summed E-state index contributed by atoms with van der Waals surface area (Å²) in [5.41, 5.74) is 6.15. The number of aromatic nitrogens is 2. The van der Waals surface area contributed by atoms with Crippen molar-refractivity contribution in [3.8, 4) is 0 Å². The van der Waals surface area contributed by atoms with Crippen LogP contribution in [0.4, 0.5) is 0 Å².